The smallest absolute Gasteiger partial charge is 0.133 e. The molecular weight excluding hydrogens is 260 g/mol. The van der Waals surface area contributed by atoms with Crippen LogP contribution in [0.4, 0.5) is 8.78 Å². The van der Waals surface area contributed by atoms with Crippen LogP contribution in [-0.4, -0.2) is 6.61 Å². The topological polar surface area (TPSA) is 35.2 Å². The van der Waals surface area contributed by atoms with Crippen LogP contribution in [0.25, 0.3) is 17.2 Å². The maximum absolute atomic E-state index is 13.7. The van der Waals surface area contributed by atoms with Crippen molar-refractivity contribution in [3.8, 4) is 11.1 Å². The normalized spacial score (nSPS) is 11.2. The standard InChI is InChI=1S/C16H15F2NO/c17-14-7-8-15(16(18)11-14)13-6-3-5-12(10-13)4-1-2-9-20-19/h1,3-8,10-11H,2,9,19H2. The zero-order chi connectivity index (χ0) is 14.4. The molecule has 0 radical (unpaired) electrons. The van der Waals surface area contributed by atoms with Crippen molar-refractivity contribution < 1.29 is 13.6 Å². The molecule has 2 N–H and O–H groups in total. The quantitative estimate of drug-likeness (QED) is 0.663. The Hall–Kier alpha value is -2.04. The van der Waals surface area contributed by atoms with Crippen molar-refractivity contribution in [3.63, 3.8) is 0 Å². The summed E-state index contributed by atoms with van der Waals surface area (Å²) < 4.78 is 26.6. The Morgan fingerprint density at radius 3 is 2.70 bits per heavy atom. The third-order valence-corrected chi connectivity index (χ3v) is 2.84. The first-order chi connectivity index (χ1) is 9.70. The van der Waals surface area contributed by atoms with Crippen LogP contribution in [0.5, 0.6) is 0 Å². The summed E-state index contributed by atoms with van der Waals surface area (Å²) in [5.74, 6) is 3.78. The number of nitrogens with two attached hydrogens (primary N) is 1. The van der Waals surface area contributed by atoms with Gasteiger partial charge in [-0.3, -0.25) is 0 Å². The molecule has 0 aliphatic heterocycles. The molecule has 104 valence electrons. The average Bonchev–Trinajstić information content (AvgIpc) is 2.44. The molecule has 2 nitrogen and oxygen atoms in total. The molecule has 0 atom stereocenters. The summed E-state index contributed by atoms with van der Waals surface area (Å²) in [6.07, 6.45) is 4.53. The van der Waals surface area contributed by atoms with E-state index in [1.807, 2.05) is 30.4 Å². The van der Waals surface area contributed by atoms with E-state index >= 15 is 0 Å². The molecule has 0 saturated heterocycles. The largest absolute Gasteiger partial charge is 0.304 e. The van der Waals surface area contributed by atoms with E-state index < -0.39 is 11.6 Å². The second kappa shape index (κ2) is 6.93. The SMILES string of the molecule is NOCCC=Cc1cccc(-c2ccc(F)cc2F)c1. The Morgan fingerprint density at radius 2 is 1.95 bits per heavy atom. The molecule has 0 fully saturated rings. The van der Waals surface area contributed by atoms with Crippen molar-refractivity contribution in [1.29, 1.82) is 0 Å². The number of hydrogen-bond acceptors (Lipinski definition) is 2. The monoisotopic (exact) mass is 275 g/mol. The lowest BCUT2D eigenvalue weighted by molar-refractivity contribution is 0.143. The molecule has 0 heterocycles. The van der Waals surface area contributed by atoms with Crippen LogP contribution in [-0.2, 0) is 4.84 Å². The molecule has 0 saturated carbocycles. The molecule has 0 aromatic heterocycles. The predicted octanol–water partition coefficient (Wildman–Crippen LogP) is 3.93. The molecule has 2 aromatic carbocycles. The Bertz CT molecular complexity index is 611. The zero-order valence-corrected chi connectivity index (χ0v) is 10.9. The average molecular weight is 275 g/mol. The number of benzene rings is 2. The van der Waals surface area contributed by atoms with Gasteiger partial charge >= 0.3 is 0 Å². The number of rotatable bonds is 5. The van der Waals surface area contributed by atoms with Gasteiger partial charge in [-0.05, 0) is 35.7 Å². The molecule has 0 aliphatic rings. The van der Waals surface area contributed by atoms with E-state index in [0.29, 0.717) is 24.2 Å². The molecule has 20 heavy (non-hydrogen) atoms. The molecule has 0 bridgehead atoms. The highest BCUT2D eigenvalue weighted by Crippen LogP contribution is 2.24. The fourth-order valence-electron chi connectivity index (χ4n) is 1.89. The van der Waals surface area contributed by atoms with Gasteiger partial charge in [0, 0.05) is 11.6 Å². The fourth-order valence-corrected chi connectivity index (χ4v) is 1.89. The minimum Gasteiger partial charge on any atom is -0.304 e. The third-order valence-electron chi connectivity index (χ3n) is 2.84. The van der Waals surface area contributed by atoms with Gasteiger partial charge in [-0.1, -0.05) is 30.4 Å². The minimum absolute atomic E-state index is 0.381. The summed E-state index contributed by atoms with van der Waals surface area (Å²) in [4.78, 5) is 4.46. The van der Waals surface area contributed by atoms with Gasteiger partial charge in [0.2, 0.25) is 0 Å². The van der Waals surface area contributed by atoms with E-state index in [1.165, 1.54) is 12.1 Å². The van der Waals surface area contributed by atoms with Gasteiger partial charge in [0.25, 0.3) is 0 Å². The van der Waals surface area contributed by atoms with Crippen LogP contribution in [0.15, 0.2) is 48.5 Å². The molecule has 0 unspecified atom stereocenters. The van der Waals surface area contributed by atoms with E-state index in [4.69, 9.17) is 5.90 Å². The summed E-state index contributed by atoms with van der Waals surface area (Å²) in [7, 11) is 0. The van der Waals surface area contributed by atoms with E-state index in [0.717, 1.165) is 11.6 Å². The molecule has 0 aliphatic carbocycles. The first-order valence-corrected chi connectivity index (χ1v) is 6.24. The summed E-state index contributed by atoms with van der Waals surface area (Å²) in [5.41, 5.74) is 2.02. The summed E-state index contributed by atoms with van der Waals surface area (Å²) in [6.45, 7) is 0.447. The lowest BCUT2D eigenvalue weighted by Gasteiger charge is -2.05. The number of hydrogen-bond donors (Lipinski definition) is 1. The van der Waals surface area contributed by atoms with Gasteiger partial charge in [0.15, 0.2) is 0 Å². The minimum atomic E-state index is -0.580. The first-order valence-electron chi connectivity index (χ1n) is 6.24. The third kappa shape index (κ3) is 3.73. The van der Waals surface area contributed by atoms with Crippen molar-refractivity contribution in [1.82, 2.24) is 0 Å². The van der Waals surface area contributed by atoms with Crippen molar-refractivity contribution >= 4 is 6.08 Å². The van der Waals surface area contributed by atoms with E-state index in [9.17, 15) is 8.78 Å². The molecule has 2 rings (SSSR count). The molecule has 0 amide bonds. The van der Waals surface area contributed by atoms with Crippen LogP contribution < -0.4 is 5.90 Å². The molecular formula is C16H15F2NO. The molecule has 4 heteroatoms. The van der Waals surface area contributed by atoms with Crippen LogP contribution in [0.1, 0.15) is 12.0 Å². The Morgan fingerprint density at radius 1 is 1.10 bits per heavy atom. The lowest BCUT2D eigenvalue weighted by Crippen LogP contribution is -1.98. The maximum Gasteiger partial charge on any atom is 0.133 e. The second-order valence-corrected chi connectivity index (χ2v) is 4.31. The summed E-state index contributed by atoms with van der Waals surface area (Å²) in [6, 6.07) is 10.9. The van der Waals surface area contributed by atoms with Gasteiger partial charge in [0.1, 0.15) is 11.6 Å². The highest BCUT2D eigenvalue weighted by Gasteiger charge is 2.06. The molecule has 2 aromatic rings. The van der Waals surface area contributed by atoms with Gasteiger partial charge in [-0.2, -0.15) is 0 Å². The summed E-state index contributed by atoms with van der Waals surface area (Å²) in [5, 5.41) is 0. The predicted molar refractivity (Wildman–Crippen MR) is 75.6 cm³/mol. The maximum atomic E-state index is 13.7. The second-order valence-electron chi connectivity index (χ2n) is 4.31. The Balaban J connectivity index is 2.23. The van der Waals surface area contributed by atoms with Crippen molar-refractivity contribution in [2.24, 2.45) is 5.90 Å². The van der Waals surface area contributed by atoms with Gasteiger partial charge < -0.3 is 4.84 Å². The van der Waals surface area contributed by atoms with Crippen LogP contribution in [0.2, 0.25) is 0 Å². The fraction of sp³-hybridized carbons (Fsp3) is 0.125. The van der Waals surface area contributed by atoms with E-state index in [2.05, 4.69) is 4.84 Å². The highest BCUT2D eigenvalue weighted by molar-refractivity contribution is 5.67. The van der Waals surface area contributed by atoms with Crippen molar-refractivity contribution in [2.45, 2.75) is 6.42 Å². The van der Waals surface area contributed by atoms with Crippen LogP contribution in [0, 0.1) is 11.6 Å². The van der Waals surface area contributed by atoms with Gasteiger partial charge in [-0.15, -0.1) is 0 Å². The highest BCUT2D eigenvalue weighted by atomic mass is 19.1. The van der Waals surface area contributed by atoms with Gasteiger partial charge in [0.05, 0.1) is 6.61 Å². The van der Waals surface area contributed by atoms with E-state index in [-0.39, 0.29) is 0 Å². The Kier molecular flexibility index (Phi) is 4.98. The number of halogens is 2. The lowest BCUT2D eigenvalue weighted by atomic mass is 10.0. The Labute approximate surface area is 116 Å². The van der Waals surface area contributed by atoms with Crippen LogP contribution >= 0.6 is 0 Å². The zero-order valence-electron chi connectivity index (χ0n) is 10.9. The molecule has 0 spiro atoms. The van der Waals surface area contributed by atoms with Crippen molar-refractivity contribution in [2.75, 3.05) is 6.61 Å². The summed E-state index contributed by atoms with van der Waals surface area (Å²) >= 11 is 0. The van der Waals surface area contributed by atoms with E-state index in [1.54, 1.807) is 6.07 Å². The van der Waals surface area contributed by atoms with Crippen molar-refractivity contribution in [3.05, 3.63) is 65.7 Å². The van der Waals surface area contributed by atoms with Crippen LogP contribution in [0.3, 0.4) is 0 Å². The first kappa shape index (κ1) is 14.4. The van der Waals surface area contributed by atoms with Gasteiger partial charge in [-0.25, -0.2) is 14.7 Å².